The highest BCUT2D eigenvalue weighted by molar-refractivity contribution is 7.89. The van der Waals surface area contributed by atoms with Crippen molar-refractivity contribution in [1.29, 1.82) is 0 Å². The summed E-state index contributed by atoms with van der Waals surface area (Å²) in [7, 11) is -3.45. The van der Waals surface area contributed by atoms with E-state index in [0.717, 1.165) is 16.3 Å². The van der Waals surface area contributed by atoms with Crippen molar-refractivity contribution < 1.29 is 8.42 Å². The summed E-state index contributed by atoms with van der Waals surface area (Å²) < 4.78 is 26.9. The minimum Gasteiger partial charge on any atom is -0.241 e. The standard InChI is InChI=1S/C17H16N2O2S2/c20-23(21,15-9-5-2-6-10-15)18-12-11-17-19-16(13-22-17)14-7-3-1-4-8-14/h1-10,13,18H,11-12H2. The van der Waals surface area contributed by atoms with E-state index in [1.165, 1.54) is 0 Å². The van der Waals surface area contributed by atoms with Crippen molar-refractivity contribution >= 4 is 21.4 Å². The minimum atomic E-state index is -3.45. The summed E-state index contributed by atoms with van der Waals surface area (Å²) >= 11 is 1.54. The summed E-state index contributed by atoms with van der Waals surface area (Å²) in [6, 6.07) is 18.3. The zero-order valence-electron chi connectivity index (χ0n) is 12.3. The lowest BCUT2D eigenvalue weighted by atomic mass is 10.2. The number of nitrogens with zero attached hydrogens (tertiary/aromatic N) is 1. The Balaban J connectivity index is 1.61. The SMILES string of the molecule is O=S(=O)(NCCc1nc(-c2ccccc2)cs1)c1ccccc1. The monoisotopic (exact) mass is 344 g/mol. The van der Waals surface area contributed by atoms with E-state index in [4.69, 9.17) is 0 Å². The van der Waals surface area contributed by atoms with E-state index < -0.39 is 10.0 Å². The lowest BCUT2D eigenvalue weighted by Crippen LogP contribution is -2.25. The second-order valence-electron chi connectivity index (χ2n) is 4.95. The molecule has 0 aliphatic rings. The molecule has 3 rings (SSSR count). The molecule has 118 valence electrons. The number of rotatable bonds is 6. The molecule has 23 heavy (non-hydrogen) atoms. The Morgan fingerprint density at radius 3 is 2.30 bits per heavy atom. The van der Waals surface area contributed by atoms with E-state index in [0.29, 0.717) is 13.0 Å². The maximum atomic E-state index is 12.1. The number of aromatic nitrogens is 1. The molecular formula is C17H16N2O2S2. The molecule has 0 fully saturated rings. The first kappa shape index (κ1) is 15.9. The molecule has 2 aromatic carbocycles. The number of hydrogen-bond donors (Lipinski definition) is 1. The van der Waals surface area contributed by atoms with Crippen LogP contribution in [0.4, 0.5) is 0 Å². The van der Waals surface area contributed by atoms with Crippen molar-refractivity contribution in [3.8, 4) is 11.3 Å². The minimum absolute atomic E-state index is 0.282. The fraction of sp³-hybridized carbons (Fsp3) is 0.118. The van der Waals surface area contributed by atoms with Crippen LogP contribution in [0.3, 0.4) is 0 Å². The molecule has 0 atom stereocenters. The second kappa shape index (κ2) is 7.04. The molecule has 0 aliphatic heterocycles. The van der Waals surface area contributed by atoms with Gasteiger partial charge >= 0.3 is 0 Å². The molecule has 0 unspecified atom stereocenters. The lowest BCUT2D eigenvalue weighted by Gasteiger charge is -2.05. The van der Waals surface area contributed by atoms with E-state index in [-0.39, 0.29) is 4.90 Å². The summed E-state index contributed by atoms with van der Waals surface area (Å²) in [4.78, 5) is 4.84. The van der Waals surface area contributed by atoms with Crippen LogP contribution in [0.5, 0.6) is 0 Å². The van der Waals surface area contributed by atoms with Crippen LogP contribution in [0.2, 0.25) is 0 Å². The van der Waals surface area contributed by atoms with Gasteiger partial charge < -0.3 is 0 Å². The average Bonchev–Trinajstić information content (AvgIpc) is 3.05. The third kappa shape index (κ3) is 4.04. The van der Waals surface area contributed by atoms with Crippen molar-refractivity contribution in [3.63, 3.8) is 0 Å². The van der Waals surface area contributed by atoms with Gasteiger partial charge in [0.1, 0.15) is 0 Å². The predicted octanol–water partition coefficient (Wildman–Crippen LogP) is 3.33. The summed E-state index contributed by atoms with van der Waals surface area (Å²) in [6.07, 6.45) is 0.573. The molecule has 0 saturated carbocycles. The van der Waals surface area contributed by atoms with Gasteiger partial charge in [-0.25, -0.2) is 18.1 Å². The van der Waals surface area contributed by atoms with Crippen molar-refractivity contribution in [2.45, 2.75) is 11.3 Å². The van der Waals surface area contributed by atoms with Crippen LogP contribution in [-0.2, 0) is 16.4 Å². The normalized spacial score (nSPS) is 11.5. The third-order valence-electron chi connectivity index (χ3n) is 3.31. The highest BCUT2D eigenvalue weighted by atomic mass is 32.2. The van der Waals surface area contributed by atoms with Crippen LogP contribution in [0, 0.1) is 0 Å². The molecular weight excluding hydrogens is 328 g/mol. The van der Waals surface area contributed by atoms with Gasteiger partial charge in [0.25, 0.3) is 0 Å². The van der Waals surface area contributed by atoms with Gasteiger partial charge in [-0.05, 0) is 12.1 Å². The van der Waals surface area contributed by atoms with Crippen molar-refractivity contribution in [2.24, 2.45) is 0 Å². The maximum Gasteiger partial charge on any atom is 0.240 e. The average molecular weight is 344 g/mol. The Morgan fingerprint density at radius 2 is 1.61 bits per heavy atom. The van der Waals surface area contributed by atoms with Gasteiger partial charge in [0.05, 0.1) is 15.6 Å². The molecule has 0 spiro atoms. The Bertz CT molecular complexity index is 860. The van der Waals surface area contributed by atoms with Crippen LogP contribution in [0.15, 0.2) is 70.9 Å². The van der Waals surface area contributed by atoms with Crippen molar-refractivity contribution in [2.75, 3.05) is 6.54 Å². The molecule has 1 aromatic heterocycles. The molecule has 0 aliphatic carbocycles. The van der Waals surface area contributed by atoms with Crippen LogP contribution in [0.25, 0.3) is 11.3 Å². The maximum absolute atomic E-state index is 12.1. The first-order valence-corrected chi connectivity index (χ1v) is 9.56. The highest BCUT2D eigenvalue weighted by Gasteiger charge is 2.13. The molecule has 3 aromatic rings. The molecule has 1 heterocycles. The van der Waals surface area contributed by atoms with E-state index in [9.17, 15) is 8.42 Å². The molecule has 0 amide bonds. The largest absolute Gasteiger partial charge is 0.241 e. The highest BCUT2D eigenvalue weighted by Crippen LogP contribution is 2.21. The number of thiazole rings is 1. The number of sulfonamides is 1. The third-order valence-corrected chi connectivity index (χ3v) is 5.69. The van der Waals surface area contributed by atoms with Gasteiger partial charge in [-0.3, -0.25) is 0 Å². The first-order chi connectivity index (χ1) is 11.1. The van der Waals surface area contributed by atoms with Crippen LogP contribution >= 0.6 is 11.3 Å². The Morgan fingerprint density at radius 1 is 0.957 bits per heavy atom. The van der Waals surface area contributed by atoms with Gasteiger partial charge in [0, 0.05) is 23.9 Å². The predicted molar refractivity (Wildman–Crippen MR) is 92.9 cm³/mol. The van der Waals surface area contributed by atoms with E-state index >= 15 is 0 Å². The first-order valence-electron chi connectivity index (χ1n) is 7.20. The van der Waals surface area contributed by atoms with Crippen molar-refractivity contribution in [3.05, 3.63) is 71.1 Å². The van der Waals surface area contributed by atoms with E-state index in [1.807, 2.05) is 35.7 Å². The summed E-state index contributed by atoms with van der Waals surface area (Å²) in [5.74, 6) is 0. The van der Waals surface area contributed by atoms with Gasteiger partial charge in [-0.2, -0.15) is 0 Å². The van der Waals surface area contributed by atoms with Gasteiger partial charge in [-0.1, -0.05) is 48.5 Å². The molecule has 4 nitrogen and oxygen atoms in total. The lowest BCUT2D eigenvalue weighted by molar-refractivity contribution is 0.581. The summed E-state index contributed by atoms with van der Waals surface area (Å²) in [5.41, 5.74) is 2.00. The molecule has 6 heteroatoms. The zero-order chi connectivity index (χ0) is 16.1. The topological polar surface area (TPSA) is 59.1 Å². The van der Waals surface area contributed by atoms with Crippen LogP contribution in [-0.4, -0.2) is 19.9 Å². The molecule has 0 bridgehead atoms. The van der Waals surface area contributed by atoms with Crippen molar-refractivity contribution in [1.82, 2.24) is 9.71 Å². The summed E-state index contributed by atoms with van der Waals surface area (Å²) in [6.45, 7) is 0.332. The van der Waals surface area contributed by atoms with E-state index in [1.54, 1.807) is 41.7 Å². The Labute approximate surface area is 139 Å². The second-order valence-corrected chi connectivity index (χ2v) is 7.66. The van der Waals surface area contributed by atoms with Crippen LogP contribution < -0.4 is 4.72 Å². The fourth-order valence-corrected chi connectivity index (χ4v) is 4.00. The fourth-order valence-electron chi connectivity index (χ4n) is 2.14. The Hall–Kier alpha value is -2.02. The van der Waals surface area contributed by atoms with Crippen LogP contribution in [0.1, 0.15) is 5.01 Å². The van der Waals surface area contributed by atoms with Gasteiger partial charge in [0.2, 0.25) is 10.0 Å². The number of nitrogens with one attached hydrogen (secondary N) is 1. The summed E-state index contributed by atoms with van der Waals surface area (Å²) in [5, 5.41) is 2.91. The van der Waals surface area contributed by atoms with Gasteiger partial charge in [-0.15, -0.1) is 11.3 Å². The smallest absolute Gasteiger partial charge is 0.240 e. The molecule has 0 radical (unpaired) electrons. The number of hydrogen-bond acceptors (Lipinski definition) is 4. The number of benzene rings is 2. The van der Waals surface area contributed by atoms with Gasteiger partial charge in [0.15, 0.2) is 0 Å². The Kier molecular flexibility index (Phi) is 4.85. The van der Waals surface area contributed by atoms with E-state index in [2.05, 4.69) is 9.71 Å². The molecule has 1 N–H and O–H groups in total. The zero-order valence-corrected chi connectivity index (χ0v) is 14.0. The quantitative estimate of drug-likeness (QED) is 0.746. The molecule has 0 saturated heterocycles.